The van der Waals surface area contributed by atoms with Crippen LogP contribution >= 0.6 is 11.3 Å². The zero-order valence-corrected chi connectivity index (χ0v) is 35.6. The second-order valence-corrected chi connectivity index (χ2v) is 20.6. The number of hydrogen-bond acceptors (Lipinski definition) is 3. The molecule has 0 fully saturated rings. The third kappa shape index (κ3) is 5.13. The fraction of sp³-hybridized carbons (Fsp3) is 0.222. The Morgan fingerprint density at radius 3 is 2.14 bits per heavy atom. The zero-order valence-electron chi connectivity index (χ0n) is 34.8. The van der Waals surface area contributed by atoms with Crippen LogP contribution in [0.15, 0.2) is 126 Å². The van der Waals surface area contributed by atoms with Gasteiger partial charge in [0.25, 0.3) is 0 Å². The Labute approximate surface area is 349 Å². The molecular formula is C54H46BN2OS. The maximum Gasteiger partial charge on any atom is 0.197 e. The van der Waals surface area contributed by atoms with Crippen LogP contribution in [0, 0.1) is 0 Å². The van der Waals surface area contributed by atoms with E-state index in [1.165, 1.54) is 80.7 Å². The van der Waals surface area contributed by atoms with Crippen LogP contribution in [0.25, 0.3) is 80.7 Å². The van der Waals surface area contributed by atoms with E-state index in [9.17, 15) is 0 Å². The highest BCUT2D eigenvalue weighted by atomic mass is 32.1. The van der Waals surface area contributed by atoms with E-state index in [0.717, 1.165) is 51.8 Å². The number of anilines is 2. The van der Waals surface area contributed by atoms with Gasteiger partial charge in [-0.1, -0.05) is 121 Å². The molecule has 3 aromatic heterocycles. The van der Waals surface area contributed by atoms with E-state index in [1.54, 1.807) is 0 Å². The summed E-state index contributed by atoms with van der Waals surface area (Å²) in [4.78, 5) is 0. The van der Waals surface area contributed by atoms with Gasteiger partial charge in [-0.25, -0.2) is 0 Å². The Morgan fingerprint density at radius 2 is 1.36 bits per heavy atom. The molecule has 5 heteroatoms. The number of rotatable bonds is 3. The standard InChI is InChI=1S/C54H46BN2OS/c1-52(2,3)30-16-18-31(19-17-30)56-43-28-41-40(53(4,5)22-23-54(41,6)7)24-36(43)34-20-21-35-37-27-49-39(33-13-9-11-15-48(33)59-49)26-44(37)57-45-29-47-38(25-42(45)55-50(34)51(35)57)32-12-8-10-14-46(32)58-47/h8-21,24-29,56H,22-23H2,1-7H3. The molecule has 1 aliphatic heterocycles. The Kier molecular flexibility index (Phi) is 7.11. The molecule has 0 amide bonds. The van der Waals surface area contributed by atoms with E-state index in [-0.39, 0.29) is 16.2 Å². The summed E-state index contributed by atoms with van der Waals surface area (Å²) >= 11 is 1.89. The first-order valence-corrected chi connectivity index (χ1v) is 21.9. The van der Waals surface area contributed by atoms with Crippen LogP contribution in [-0.4, -0.2) is 11.8 Å². The summed E-state index contributed by atoms with van der Waals surface area (Å²) in [6, 6.07) is 45.7. The highest BCUT2D eigenvalue weighted by molar-refractivity contribution is 7.25. The van der Waals surface area contributed by atoms with Crippen molar-refractivity contribution in [3.05, 3.63) is 138 Å². The quantitative estimate of drug-likeness (QED) is 0.181. The highest BCUT2D eigenvalue weighted by Gasteiger charge is 2.38. The van der Waals surface area contributed by atoms with Crippen LogP contribution in [0.2, 0.25) is 0 Å². The van der Waals surface area contributed by atoms with Crippen LogP contribution in [0.5, 0.6) is 0 Å². The van der Waals surface area contributed by atoms with Gasteiger partial charge in [-0.2, -0.15) is 0 Å². The van der Waals surface area contributed by atoms with Gasteiger partial charge in [-0.15, -0.1) is 11.3 Å². The van der Waals surface area contributed by atoms with Crippen molar-refractivity contribution >= 4 is 105 Å². The summed E-state index contributed by atoms with van der Waals surface area (Å²) in [5, 5.41) is 11.5. The third-order valence-electron chi connectivity index (χ3n) is 13.8. The van der Waals surface area contributed by atoms with Crippen molar-refractivity contribution in [3.63, 3.8) is 0 Å². The Morgan fingerprint density at radius 1 is 0.627 bits per heavy atom. The Hall–Kier alpha value is -5.78. The molecule has 1 aliphatic carbocycles. The van der Waals surface area contributed by atoms with Gasteiger partial charge in [0, 0.05) is 75.9 Å². The van der Waals surface area contributed by atoms with Gasteiger partial charge in [0.05, 0.1) is 5.52 Å². The van der Waals surface area contributed by atoms with Crippen molar-refractivity contribution in [2.24, 2.45) is 0 Å². The van der Waals surface area contributed by atoms with E-state index in [1.807, 2.05) is 11.3 Å². The normalized spacial score (nSPS) is 15.6. The number of fused-ring (bicyclic) bond motifs is 12. The van der Waals surface area contributed by atoms with E-state index in [2.05, 4.69) is 187 Å². The Balaban J connectivity index is 1.16. The summed E-state index contributed by atoms with van der Waals surface area (Å²) in [5.41, 5.74) is 17.1. The second-order valence-electron chi connectivity index (χ2n) is 19.5. The van der Waals surface area contributed by atoms with Crippen molar-refractivity contribution < 1.29 is 4.42 Å². The van der Waals surface area contributed by atoms with Crippen molar-refractivity contribution in [2.45, 2.75) is 77.6 Å². The zero-order chi connectivity index (χ0) is 40.2. The topological polar surface area (TPSA) is 30.1 Å². The van der Waals surface area contributed by atoms with Crippen molar-refractivity contribution in [3.8, 4) is 16.8 Å². The number of thiophene rings is 1. The van der Waals surface area contributed by atoms with Gasteiger partial charge in [0.2, 0.25) is 0 Å². The van der Waals surface area contributed by atoms with Gasteiger partial charge in [-0.05, 0) is 105 Å². The fourth-order valence-electron chi connectivity index (χ4n) is 10.4. The molecule has 59 heavy (non-hydrogen) atoms. The lowest BCUT2D eigenvalue weighted by Crippen LogP contribution is -2.37. The first-order chi connectivity index (χ1) is 28.3. The number of benzene rings is 7. The van der Waals surface area contributed by atoms with Crippen LogP contribution < -0.4 is 16.2 Å². The molecule has 1 radical (unpaired) electrons. The van der Waals surface area contributed by atoms with E-state index in [4.69, 9.17) is 4.42 Å². The Bertz CT molecular complexity index is 3420. The summed E-state index contributed by atoms with van der Waals surface area (Å²) in [5.74, 6) is 0. The van der Waals surface area contributed by atoms with Crippen LogP contribution in [-0.2, 0) is 16.2 Å². The van der Waals surface area contributed by atoms with Gasteiger partial charge in [0.15, 0.2) is 7.28 Å². The molecule has 0 saturated carbocycles. The molecule has 4 heterocycles. The molecule has 0 unspecified atom stereocenters. The molecular weight excluding hydrogens is 735 g/mol. The summed E-state index contributed by atoms with van der Waals surface area (Å²) in [7, 11) is 2.46. The van der Waals surface area contributed by atoms with E-state index < -0.39 is 0 Å². The van der Waals surface area contributed by atoms with Crippen molar-refractivity contribution in [2.75, 3.05) is 5.32 Å². The largest absolute Gasteiger partial charge is 0.456 e. The molecule has 0 bridgehead atoms. The predicted molar refractivity (Wildman–Crippen MR) is 255 cm³/mol. The van der Waals surface area contributed by atoms with Gasteiger partial charge < -0.3 is 14.3 Å². The SMILES string of the molecule is CC(C)(C)c1ccc(Nc2cc3c(cc2-c2ccc4c5cc6sc7ccccc7c6cc5n5c4c2[B]c2cc4c(cc2-5)oc2ccccc24)C(C)(C)CCC3(C)C)cc1. The van der Waals surface area contributed by atoms with Gasteiger partial charge in [-0.3, -0.25) is 0 Å². The molecule has 0 spiro atoms. The number of nitrogens with one attached hydrogen (secondary N) is 1. The maximum atomic E-state index is 6.55. The van der Waals surface area contributed by atoms with E-state index in [0.29, 0.717) is 0 Å². The molecule has 287 valence electrons. The average molecular weight is 782 g/mol. The fourth-order valence-corrected chi connectivity index (χ4v) is 11.5. The minimum absolute atomic E-state index is 0.0570. The van der Waals surface area contributed by atoms with Crippen molar-refractivity contribution in [1.82, 2.24) is 4.57 Å². The van der Waals surface area contributed by atoms with E-state index >= 15 is 0 Å². The molecule has 10 aromatic rings. The first-order valence-electron chi connectivity index (χ1n) is 21.1. The summed E-state index contributed by atoms with van der Waals surface area (Å²) in [6.45, 7) is 16.6. The maximum absolute atomic E-state index is 6.55. The summed E-state index contributed by atoms with van der Waals surface area (Å²) in [6.07, 6.45) is 2.32. The molecule has 1 N–H and O–H groups in total. The molecule has 12 rings (SSSR count). The molecule has 3 nitrogen and oxygen atoms in total. The smallest absolute Gasteiger partial charge is 0.197 e. The van der Waals surface area contributed by atoms with Crippen LogP contribution in [0.3, 0.4) is 0 Å². The lowest BCUT2D eigenvalue weighted by atomic mass is 9.58. The lowest BCUT2D eigenvalue weighted by molar-refractivity contribution is 0.332. The number of aromatic nitrogens is 1. The molecule has 0 atom stereocenters. The third-order valence-corrected chi connectivity index (χ3v) is 15.0. The van der Waals surface area contributed by atoms with Crippen molar-refractivity contribution in [1.29, 1.82) is 0 Å². The number of furan rings is 1. The monoisotopic (exact) mass is 781 g/mol. The highest BCUT2D eigenvalue weighted by Crippen LogP contribution is 2.50. The summed E-state index contributed by atoms with van der Waals surface area (Å²) < 4.78 is 11.7. The minimum Gasteiger partial charge on any atom is -0.456 e. The van der Waals surface area contributed by atoms with Gasteiger partial charge in [0.1, 0.15) is 11.2 Å². The molecule has 2 aliphatic rings. The average Bonchev–Trinajstić information content (AvgIpc) is 3.87. The second kappa shape index (κ2) is 11.9. The lowest BCUT2D eigenvalue weighted by Gasteiger charge is -2.42. The molecule has 0 saturated heterocycles. The minimum atomic E-state index is 0.0570. The van der Waals surface area contributed by atoms with Crippen LogP contribution in [0.1, 0.15) is 78.0 Å². The molecule has 7 aromatic carbocycles. The van der Waals surface area contributed by atoms with Crippen LogP contribution in [0.4, 0.5) is 11.4 Å². The number of para-hydroxylation sites is 1. The van der Waals surface area contributed by atoms with Gasteiger partial charge >= 0.3 is 0 Å². The first kappa shape index (κ1) is 35.2. The number of hydrogen-bond donors (Lipinski definition) is 1. The predicted octanol–water partition coefficient (Wildman–Crippen LogP) is 14.1. The number of nitrogens with zero attached hydrogens (tertiary/aromatic N) is 1.